The first-order chi connectivity index (χ1) is 12.1. The summed E-state index contributed by atoms with van der Waals surface area (Å²) in [5, 5.41) is 19.7. The molecule has 1 spiro atoms. The number of rotatable bonds is 0. The predicted molar refractivity (Wildman–Crippen MR) is 88.6 cm³/mol. The summed E-state index contributed by atoms with van der Waals surface area (Å²) in [7, 11) is 0. The molecule has 5 nitrogen and oxygen atoms in total. The maximum Gasteiger partial charge on any atom is 0.339 e. The van der Waals surface area contributed by atoms with Crippen molar-refractivity contribution in [1.82, 2.24) is 0 Å². The van der Waals surface area contributed by atoms with E-state index in [1.807, 2.05) is 12.2 Å². The van der Waals surface area contributed by atoms with Crippen LogP contribution < -0.4 is 4.74 Å². The summed E-state index contributed by atoms with van der Waals surface area (Å²) < 4.78 is 11.9. The summed E-state index contributed by atoms with van der Waals surface area (Å²) in [6.45, 7) is 0. The molecular weight excluding hydrogens is 320 g/mol. The predicted octanol–water partition coefficient (Wildman–Crippen LogP) is 3.65. The van der Waals surface area contributed by atoms with Crippen LogP contribution in [-0.2, 0) is 15.1 Å². The van der Waals surface area contributed by atoms with Crippen molar-refractivity contribution in [2.24, 2.45) is 0 Å². The van der Waals surface area contributed by atoms with Gasteiger partial charge in [-0.1, -0.05) is 12.2 Å². The molecule has 0 saturated carbocycles. The highest BCUT2D eigenvalue weighted by Gasteiger charge is 2.54. The highest BCUT2D eigenvalue weighted by Crippen LogP contribution is 2.58. The maximum atomic E-state index is 12.6. The quantitative estimate of drug-likeness (QED) is 0.719. The number of phenolic OH excluding ortho intramolecular Hbond substituents is 2. The second-order valence-corrected chi connectivity index (χ2v) is 6.37. The fourth-order valence-electron chi connectivity index (χ4n) is 3.95. The molecule has 2 aromatic carbocycles. The lowest BCUT2D eigenvalue weighted by Gasteiger charge is -2.38. The van der Waals surface area contributed by atoms with Crippen LogP contribution in [0.3, 0.4) is 0 Å². The summed E-state index contributed by atoms with van der Waals surface area (Å²) >= 11 is 0. The van der Waals surface area contributed by atoms with Crippen LogP contribution in [-0.4, -0.2) is 16.2 Å². The molecule has 0 amide bonds. The van der Waals surface area contributed by atoms with Crippen molar-refractivity contribution in [2.75, 3.05) is 0 Å². The number of aromatic hydroxyl groups is 2. The molecule has 5 rings (SSSR count). The molecule has 2 aromatic rings. The third-order valence-corrected chi connectivity index (χ3v) is 4.97. The Labute approximate surface area is 143 Å². The molecule has 2 aliphatic heterocycles. The Hall–Kier alpha value is -3.21. The summed E-state index contributed by atoms with van der Waals surface area (Å²) in [5.74, 6) is 0.563. The molecule has 0 saturated heterocycles. The van der Waals surface area contributed by atoms with E-state index in [4.69, 9.17) is 9.47 Å². The van der Waals surface area contributed by atoms with Crippen LogP contribution in [0.1, 0.15) is 24.0 Å². The number of hydrogen-bond donors (Lipinski definition) is 2. The van der Waals surface area contributed by atoms with Crippen molar-refractivity contribution < 1.29 is 24.5 Å². The Morgan fingerprint density at radius 2 is 1.60 bits per heavy atom. The highest BCUT2D eigenvalue weighted by molar-refractivity contribution is 5.98. The van der Waals surface area contributed by atoms with E-state index >= 15 is 0 Å². The third-order valence-electron chi connectivity index (χ3n) is 4.97. The third kappa shape index (κ3) is 1.75. The zero-order valence-corrected chi connectivity index (χ0v) is 13.2. The van der Waals surface area contributed by atoms with Crippen molar-refractivity contribution in [3.05, 3.63) is 70.8 Å². The fourth-order valence-corrected chi connectivity index (χ4v) is 3.95. The number of allylic oxidation sites excluding steroid dienone is 1. The van der Waals surface area contributed by atoms with Gasteiger partial charge in [0, 0.05) is 23.3 Å². The fraction of sp³-hybridized carbons (Fsp3) is 0.150. The van der Waals surface area contributed by atoms with Crippen LogP contribution in [0.25, 0.3) is 0 Å². The summed E-state index contributed by atoms with van der Waals surface area (Å²) in [6, 6.07) is 9.55. The second kappa shape index (κ2) is 4.66. The Kier molecular flexibility index (Phi) is 2.64. The molecule has 0 atom stereocenters. The van der Waals surface area contributed by atoms with Gasteiger partial charge in [-0.2, -0.15) is 0 Å². The number of phenols is 2. The summed E-state index contributed by atoms with van der Waals surface area (Å²) in [5.41, 5.74) is 1.74. The first-order valence-electron chi connectivity index (χ1n) is 8.08. The Morgan fingerprint density at radius 1 is 0.960 bits per heavy atom. The zero-order valence-electron chi connectivity index (χ0n) is 13.2. The van der Waals surface area contributed by atoms with Crippen molar-refractivity contribution in [2.45, 2.75) is 18.4 Å². The van der Waals surface area contributed by atoms with E-state index in [0.717, 1.165) is 12.0 Å². The average Bonchev–Trinajstić information content (AvgIpc) is 2.88. The van der Waals surface area contributed by atoms with Crippen LogP contribution in [0.5, 0.6) is 23.0 Å². The van der Waals surface area contributed by atoms with Crippen molar-refractivity contribution in [3.63, 3.8) is 0 Å². The first-order valence-corrected chi connectivity index (χ1v) is 8.08. The Morgan fingerprint density at radius 3 is 2.24 bits per heavy atom. The van der Waals surface area contributed by atoms with Gasteiger partial charge in [-0.3, -0.25) is 0 Å². The Bertz CT molecular complexity index is 948. The van der Waals surface area contributed by atoms with E-state index in [0.29, 0.717) is 34.6 Å². The highest BCUT2D eigenvalue weighted by atomic mass is 16.6. The largest absolute Gasteiger partial charge is 0.508 e. The number of ether oxygens (including phenoxy) is 2. The molecule has 25 heavy (non-hydrogen) atoms. The first kappa shape index (κ1) is 14.2. The number of carbonyl (C=O) groups is 1. The van der Waals surface area contributed by atoms with Gasteiger partial charge < -0.3 is 19.7 Å². The van der Waals surface area contributed by atoms with Gasteiger partial charge in [-0.15, -0.1) is 0 Å². The van der Waals surface area contributed by atoms with Crippen LogP contribution in [0.15, 0.2) is 59.7 Å². The SMILES string of the molecule is O=C1OC2(C3=C1C=CCC3)c1ccc(O)cc1Oc1cc(O)ccc12. The second-order valence-electron chi connectivity index (χ2n) is 6.37. The van der Waals surface area contributed by atoms with Gasteiger partial charge in [0.2, 0.25) is 0 Å². The molecule has 1 aliphatic carbocycles. The van der Waals surface area contributed by atoms with Gasteiger partial charge in [0.05, 0.1) is 5.57 Å². The molecule has 2 N–H and O–H groups in total. The standard InChI is InChI=1S/C20H14O5/c21-11-5-7-15-17(9-11)24-18-10-12(22)6-8-16(18)20(15)14-4-2-1-3-13(14)19(23)25-20/h1,3,5-10,21-22H,2,4H2. The smallest absolute Gasteiger partial charge is 0.339 e. The van der Waals surface area contributed by atoms with Gasteiger partial charge in [-0.25, -0.2) is 4.79 Å². The lowest BCUT2D eigenvalue weighted by Crippen LogP contribution is -2.34. The zero-order chi connectivity index (χ0) is 17.2. The average molecular weight is 334 g/mol. The van der Waals surface area contributed by atoms with Crippen LogP contribution in [0.4, 0.5) is 0 Å². The molecule has 5 heteroatoms. The molecule has 0 radical (unpaired) electrons. The normalized spacial score (nSPS) is 19.1. The van der Waals surface area contributed by atoms with Gasteiger partial charge in [0.15, 0.2) is 5.60 Å². The maximum absolute atomic E-state index is 12.6. The number of fused-ring (bicyclic) bond motifs is 5. The van der Waals surface area contributed by atoms with Gasteiger partial charge in [-0.05, 0) is 42.7 Å². The van der Waals surface area contributed by atoms with Crippen LogP contribution in [0, 0.1) is 0 Å². The van der Waals surface area contributed by atoms with E-state index in [-0.39, 0.29) is 17.5 Å². The van der Waals surface area contributed by atoms with E-state index in [9.17, 15) is 15.0 Å². The lowest BCUT2D eigenvalue weighted by atomic mass is 9.74. The van der Waals surface area contributed by atoms with Gasteiger partial charge in [0.25, 0.3) is 0 Å². The van der Waals surface area contributed by atoms with Crippen molar-refractivity contribution >= 4 is 5.97 Å². The summed E-state index contributed by atoms with van der Waals surface area (Å²) in [4.78, 5) is 12.6. The molecule has 2 heterocycles. The molecule has 0 fully saturated rings. The molecule has 0 unspecified atom stereocenters. The van der Waals surface area contributed by atoms with Crippen molar-refractivity contribution in [1.29, 1.82) is 0 Å². The Balaban J connectivity index is 1.87. The van der Waals surface area contributed by atoms with Gasteiger partial charge >= 0.3 is 5.97 Å². The molecule has 124 valence electrons. The number of hydrogen-bond acceptors (Lipinski definition) is 5. The van der Waals surface area contributed by atoms with E-state index < -0.39 is 5.60 Å². The number of benzene rings is 2. The van der Waals surface area contributed by atoms with Crippen LogP contribution in [0.2, 0.25) is 0 Å². The minimum absolute atomic E-state index is 0.0552. The monoisotopic (exact) mass is 334 g/mol. The molecule has 0 aromatic heterocycles. The molecule has 0 bridgehead atoms. The lowest BCUT2D eigenvalue weighted by molar-refractivity contribution is -0.145. The minimum Gasteiger partial charge on any atom is -0.508 e. The molecular formula is C20H14O5. The summed E-state index contributed by atoms with van der Waals surface area (Å²) in [6.07, 6.45) is 5.29. The van der Waals surface area contributed by atoms with Crippen LogP contribution >= 0.6 is 0 Å². The van der Waals surface area contributed by atoms with Gasteiger partial charge in [0.1, 0.15) is 23.0 Å². The minimum atomic E-state index is -1.08. The molecule has 3 aliphatic rings. The van der Waals surface area contributed by atoms with Crippen molar-refractivity contribution in [3.8, 4) is 23.0 Å². The number of carbonyl (C=O) groups excluding carboxylic acids is 1. The number of esters is 1. The topological polar surface area (TPSA) is 76.0 Å². The van der Waals surface area contributed by atoms with E-state index in [1.54, 1.807) is 24.3 Å². The van der Waals surface area contributed by atoms with E-state index in [1.165, 1.54) is 12.1 Å². The van der Waals surface area contributed by atoms with E-state index in [2.05, 4.69) is 0 Å².